The molecule has 2 N–H and O–H groups in total. The van der Waals surface area contributed by atoms with Crippen molar-refractivity contribution in [2.24, 2.45) is 0 Å². The van der Waals surface area contributed by atoms with Crippen molar-refractivity contribution in [2.75, 3.05) is 26.1 Å². The first kappa shape index (κ1) is 23.1. The van der Waals surface area contributed by atoms with Crippen molar-refractivity contribution in [3.05, 3.63) is 78.4 Å². The number of hydrogen-bond acceptors (Lipinski definition) is 6. The Hall–Kier alpha value is -3.56. The Kier molecular flexibility index (Phi) is 7.69. The summed E-state index contributed by atoms with van der Waals surface area (Å²) >= 11 is 0. The smallest absolute Gasteiger partial charge is 0.241 e. The van der Waals surface area contributed by atoms with Crippen LogP contribution in [-0.2, 0) is 21.4 Å². The van der Waals surface area contributed by atoms with Crippen LogP contribution in [0.5, 0.6) is 17.2 Å². The number of anilines is 1. The molecule has 0 aromatic heterocycles. The molecule has 0 atom stereocenters. The molecule has 32 heavy (non-hydrogen) atoms. The van der Waals surface area contributed by atoms with Crippen LogP contribution < -0.4 is 24.2 Å². The highest BCUT2D eigenvalue weighted by Crippen LogP contribution is 2.29. The van der Waals surface area contributed by atoms with Crippen LogP contribution in [0.2, 0.25) is 0 Å². The van der Waals surface area contributed by atoms with Gasteiger partial charge in [-0.3, -0.25) is 4.79 Å². The number of carbonyl (C=O) groups is 1. The predicted octanol–water partition coefficient (Wildman–Crippen LogP) is 3.20. The van der Waals surface area contributed by atoms with Gasteiger partial charge in [-0.1, -0.05) is 30.3 Å². The number of hydrogen-bond donors (Lipinski definition) is 2. The van der Waals surface area contributed by atoms with E-state index >= 15 is 0 Å². The molecule has 0 saturated heterocycles. The van der Waals surface area contributed by atoms with Gasteiger partial charge in [-0.05, 0) is 42.0 Å². The number of ether oxygens (including phenoxy) is 3. The molecule has 0 aliphatic rings. The van der Waals surface area contributed by atoms with Gasteiger partial charge in [0.2, 0.25) is 15.9 Å². The average Bonchev–Trinajstić information content (AvgIpc) is 2.82. The van der Waals surface area contributed by atoms with E-state index in [2.05, 4.69) is 10.0 Å². The van der Waals surface area contributed by atoms with Crippen molar-refractivity contribution in [3.8, 4) is 17.2 Å². The molecule has 0 spiro atoms. The number of amides is 1. The van der Waals surface area contributed by atoms with E-state index in [1.807, 2.05) is 30.3 Å². The number of benzene rings is 3. The largest absolute Gasteiger partial charge is 0.493 e. The van der Waals surface area contributed by atoms with Crippen molar-refractivity contribution in [2.45, 2.75) is 11.5 Å². The van der Waals surface area contributed by atoms with Crippen molar-refractivity contribution in [3.63, 3.8) is 0 Å². The second-order valence-corrected chi connectivity index (χ2v) is 8.46. The molecule has 8 nitrogen and oxygen atoms in total. The van der Waals surface area contributed by atoms with E-state index < -0.39 is 22.5 Å². The molecule has 168 valence electrons. The van der Waals surface area contributed by atoms with Crippen molar-refractivity contribution in [1.82, 2.24) is 4.72 Å². The summed E-state index contributed by atoms with van der Waals surface area (Å²) in [6.07, 6.45) is 0. The van der Waals surface area contributed by atoms with Crippen molar-refractivity contribution >= 4 is 21.6 Å². The SMILES string of the molecule is COc1ccc(S(=O)(=O)NCC(=O)Nc2ccc(OCc3ccccc3)cc2)cc1OC. The Morgan fingerprint density at radius 3 is 2.22 bits per heavy atom. The van der Waals surface area contributed by atoms with Gasteiger partial charge < -0.3 is 19.5 Å². The third kappa shape index (κ3) is 6.22. The van der Waals surface area contributed by atoms with Crippen LogP contribution in [0.1, 0.15) is 5.56 Å². The Bertz CT molecular complexity index is 1150. The highest BCUT2D eigenvalue weighted by Gasteiger charge is 2.18. The molecule has 0 aliphatic heterocycles. The summed E-state index contributed by atoms with van der Waals surface area (Å²) in [6, 6.07) is 20.8. The molecule has 0 radical (unpaired) electrons. The molecule has 3 aromatic carbocycles. The van der Waals surface area contributed by atoms with Gasteiger partial charge in [-0.25, -0.2) is 13.1 Å². The number of rotatable bonds is 10. The van der Waals surface area contributed by atoms with Gasteiger partial charge >= 0.3 is 0 Å². The second-order valence-electron chi connectivity index (χ2n) is 6.69. The van der Waals surface area contributed by atoms with Crippen molar-refractivity contribution < 1.29 is 27.4 Å². The molecule has 0 fully saturated rings. The Morgan fingerprint density at radius 1 is 0.875 bits per heavy atom. The standard InChI is InChI=1S/C23H24N2O6S/c1-29-21-13-12-20(14-22(21)30-2)32(27,28)24-15-23(26)25-18-8-10-19(11-9-18)31-16-17-6-4-3-5-7-17/h3-14,24H,15-16H2,1-2H3,(H,25,26). The molecule has 1 amide bonds. The molecule has 3 rings (SSSR count). The molecule has 3 aromatic rings. The zero-order chi connectivity index (χ0) is 23.0. The number of nitrogens with one attached hydrogen (secondary N) is 2. The third-order valence-electron chi connectivity index (χ3n) is 4.47. The normalized spacial score (nSPS) is 10.9. The fraction of sp³-hybridized carbons (Fsp3) is 0.174. The fourth-order valence-corrected chi connectivity index (χ4v) is 3.81. The minimum absolute atomic E-state index is 0.0390. The maximum Gasteiger partial charge on any atom is 0.241 e. The molecule has 0 unspecified atom stereocenters. The Morgan fingerprint density at radius 2 is 1.56 bits per heavy atom. The zero-order valence-corrected chi connectivity index (χ0v) is 18.5. The van der Waals surface area contributed by atoms with Gasteiger partial charge in [0.1, 0.15) is 12.4 Å². The summed E-state index contributed by atoms with van der Waals surface area (Å²) in [5.74, 6) is 0.822. The zero-order valence-electron chi connectivity index (χ0n) is 17.7. The van der Waals surface area contributed by atoms with E-state index in [9.17, 15) is 13.2 Å². The molecule has 0 heterocycles. The molecule has 0 saturated carbocycles. The van der Waals surface area contributed by atoms with Crippen LogP contribution in [0.3, 0.4) is 0 Å². The van der Waals surface area contributed by atoms with Gasteiger partial charge in [-0.15, -0.1) is 0 Å². The summed E-state index contributed by atoms with van der Waals surface area (Å²) in [7, 11) is -1.05. The van der Waals surface area contributed by atoms with Crippen LogP contribution in [0.4, 0.5) is 5.69 Å². The number of sulfonamides is 1. The summed E-state index contributed by atoms with van der Waals surface area (Å²) in [6.45, 7) is 0.00735. The number of carbonyl (C=O) groups excluding carboxylic acids is 1. The first-order chi connectivity index (χ1) is 15.4. The third-order valence-corrected chi connectivity index (χ3v) is 5.87. The predicted molar refractivity (Wildman–Crippen MR) is 121 cm³/mol. The van der Waals surface area contributed by atoms with Crippen LogP contribution in [0.25, 0.3) is 0 Å². The molecule has 9 heteroatoms. The van der Waals surface area contributed by atoms with Crippen LogP contribution in [-0.4, -0.2) is 35.1 Å². The van der Waals surface area contributed by atoms with E-state index in [0.29, 0.717) is 23.8 Å². The van der Waals surface area contributed by atoms with Gasteiger partial charge in [0.25, 0.3) is 0 Å². The van der Waals surface area contributed by atoms with E-state index in [0.717, 1.165) is 5.56 Å². The summed E-state index contributed by atoms with van der Waals surface area (Å²) in [5.41, 5.74) is 1.57. The van der Waals surface area contributed by atoms with Crippen LogP contribution in [0, 0.1) is 0 Å². The van der Waals surface area contributed by atoms with Crippen LogP contribution in [0.15, 0.2) is 77.7 Å². The van der Waals surface area contributed by atoms with E-state index in [-0.39, 0.29) is 10.6 Å². The maximum absolute atomic E-state index is 12.5. The van der Waals surface area contributed by atoms with Gasteiger partial charge in [0, 0.05) is 11.8 Å². The highest BCUT2D eigenvalue weighted by molar-refractivity contribution is 7.89. The van der Waals surface area contributed by atoms with Crippen molar-refractivity contribution in [1.29, 1.82) is 0 Å². The first-order valence-corrected chi connectivity index (χ1v) is 11.2. The summed E-state index contributed by atoms with van der Waals surface area (Å²) in [4.78, 5) is 12.2. The molecule has 0 bridgehead atoms. The van der Waals surface area contributed by atoms with E-state index in [4.69, 9.17) is 14.2 Å². The van der Waals surface area contributed by atoms with Crippen LogP contribution >= 0.6 is 0 Å². The second kappa shape index (κ2) is 10.7. The Balaban J connectivity index is 1.53. The fourth-order valence-electron chi connectivity index (χ4n) is 2.81. The molecule has 0 aliphatic carbocycles. The topological polar surface area (TPSA) is 103 Å². The number of methoxy groups -OCH3 is 2. The molecular formula is C23H24N2O6S. The Labute approximate surface area is 187 Å². The maximum atomic E-state index is 12.5. The lowest BCUT2D eigenvalue weighted by molar-refractivity contribution is -0.115. The molecular weight excluding hydrogens is 432 g/mol. The summed E-state index contributed by atoms with van der Waals surface area (Å²) in [5, 5.41) is 2.64. The quantitative estimate of drug-likeness (QED) is 0.486. The lowest BCUT2D eigenvalue weighted by Gasteiger charge is -2.11. The van der Waals surface area contributed by atoms with E-state index in [1.54, 1.807) is 24.3 Å². The van der Waals surface area contributed by atoms with E-state index in [1.165, 1.54) is 32.4 Å². The lowest BCUT2D eigenvalue weighted by Crippen LogP contribution is -2.32. The first-order valence-electron chi connectivity index (χ1n) is 9.69. The minimum atomic E-state index is -3.91. The lowest BCUT2D eigenvalue weighted by atomic mass is 10.2. The van der Waals surface area contributed by atoms with Gasteiger partial charge in [-0.2, -0.15) is 0 Å². The minimum Gasteiger partial charge on any atom is -0.493 e. The summed E-state index contributed by atoms with van der Waals surface area (Å²) < 4.78 is 43.2. The van der Waals surface area contributed by atoms with Gasteiger partial charge in [0.15, 0.2) is 11.5 Å². The highest BCUT2D eigenvalue weighted by atomic mass is 32.2. The average molecular weight is 457 g/mol. The monoisotopic (exact) mass is 456 g/mol. The van der Waals surface area contributed by atoms with Gasteiger partial charge in [0.05, 0.1) is 25.7 Å².